The largest absolute Gasteiger partial charge is 0.271 e. The summed E-state index contributed by atoms with van der Waals surface area (Å²) in [7, 11) is 0. The van der Waals surface area contributed by atoms with Crippen LogP contribution in [0.1, 0.15) is 21.4 Å². The molecule has 0 aliphatic carbocycles. The van der Waals surface area contributed by atoms with Gasteiger partial charge in [-0.3, -0.25) is 10.8 Å². The van der Waals surface area contributed by atoms with Gasteiger partial charge in [0.2, 0.25) is 0 Å². The third-order valence-electron chi connectivity index (χ3n) is 2.11. The van der Waals surface area contributed by atoms with E-state index in [9.17, 15) is 0 Å². The molecule has 1 atom stereocenters. The number of nitrogens with two attached hydrogens (primary N) is 1. The van der Waals surface area contributed by atoms with Gasteiger partial charge < -0.3 is 0 Å². The third kappa shape index (κ3) is 1.72. The number of hydrogen-bond acceptors (Lipinski definition) is 5. The van der Waals surface area contributed by atoms with Crippen molar-refractivity contribution in [2.24, 2.45) is 5.84 Å². The minimum absolute atomic E-state index is 0.0775. The molecule has 0 bridgehead atoms. The SMILES string of the molecule is Cc1sccc1C(NN)c1cncs1. The number of hydrazine groups is 1. The lowest BCUT2D eigenvalue weighted by Gasteiger charge is -2.13. The molecular formula is C9H11N3S2. The number of hydrogen-bond donors (Lipinski definition) is 2. The Morgan fingerprint density at radius 3 is 2.86 bits per heavy atom. The van der Waals surface area contributed by atoms with Gasteiger partial charge in [0.25, 0.3) is 0 Å². The van der Waals surface area contributed by atoms with E-state index in [0.29, 0.717) is 0 Å². The molecule has 0 aromatic carbocycles. The molecule has 0 amide bonds. The molecule has 0 aliphatic heterocycles. The summed E-state index contributed by atoms with van der Waals surface area (Å²) in [4.78, 5) is 6.50. The topological polar surface area (TPSA) is 50.9 Å². The van der Waals surface area contributed by atoms with Gasteiger partial charge in [-0.1, -0.05) is 0 Å². The van der Waals surface area contributed by atoms with E-state index in [1.165, 1.54) is 10.4 Å². The van der Waals surface area contributed by atoms with Crippen LogP contribution in [0.2, 0.25) is 0 Å². The molecule has 2 aromatic rings. The molecular weight excluding hydrogens is 214 g/mol. The second kappa shape index (κ2) is 4.18. The lowest BCUT2D eigenvalue weighted by Crippen LogP contribution is -2.28. The van der Waals surface area contributed by atoms with Crippen molar-refractivity contribution < 1.29 is 0 Å². The highest BCUT2D eigenvalue weighted by atomic mass is 32.1. The Labute approximate surface area is 90.6 Å². The summed E-state index contributed by atoms with van der Waals surface area (Å²) in [5.74, 6) is 5.56. The quantitative estimate of drug-likeness (QED) is 0.621. The second-order valence-corrected chi connectivity index (χ2v) is 4.97. The van der Waals surface area contributed by atoms with Crippen molar-refractivity contribution in [3.63, 3.8) is 0 Å². The third-order valence-corrected chi connectivity index (χ3v) is 3.81. The molecule has 0 aliphatic rings. The standard InChI is InChI=1S/C9H11N3S2/c1-6-7(2-3-13-6)9(12-10)8-4-11-5-14-8/h2-5,9,12H,10H2,1H3. The van der Waals surface area contributed by atoms with Gasteiger partial charge in [0.15, 0.2) is 0 Å². The van der Waals surface area contributed by atoms with Gasteiger partial charge in [-0.2, -0.15) is 0 Å². The molecule has 3 nitrogen and oxygen atoms in total. The molecule has 14 heavy (non-hydrogen) atoms. The van der Waals surface area contributed by atoms with E-state index >= 15 is 0 Å². The summed E-state index contributed by atoms with van der Waals surface area (Å²) in [6.07, 6.45) is 1.85. The monoisotopic (exact) mass is 225 g/mol. The fourth-order valence-electron chi connectivity index (χ4n) is 1.39. The van der Waals surface area contributed by atoms with Crippen LogP contribution in [0.5, 0.6) is 0 Å². The van der Waals surface area contributed by atoms with E-state index in [2.05, 4.69) is 28.8 Å². The van der Waals surface area contributed by atoms with Crippen LogP contribution in [0.25, 0.3) is 0 Å². The first-order chi connectivity index (χ1) is 6.83. The summed E-state index contributed by atoms with van der Waals surface area (Å²) >= 11 is 3.35. The van der Waals surface area contributed by atoms with Gasteiger partial charge in [-0.15, -0.1) is 22.7 Å². The van der Waals surface area contributed by atoms with Crippen LogP contribution >= 0.6 is 22.7 Å². The Morgan fingerprint density at radius 2 is 2.36 bits per heavy atom. The fraction of sp³-hybridized carbons (Fsp3) is 0.222. The average molecular weight is 225 g/mol. The molecule has 0 fully saturated rings. The number of aryl methyl sites for hydroxylation is 1. The van der Waals surface area contributed by atoms with Crippen molar-refractivity contribution in [2.45, 2.75) is 13.0 Å². The van der Waals surface area contributed by atoms with E-state index < -0.39 is 0 Å². The van der Waals surface area contributed by atoms with Gasteiger partial charge in [-0.25, -0.2) is 5.43 Å². The maximum Gasteiger partial charge on any atom is 0.0829 e. The Bertz CT molecular complexity index is 394. The van der Waals surface area contributed by atoms with Crippen molar-refractivity contribution >= 4 is 22.7 Å². The second-order valence-electron chi connectivity index (χ2n) is 2.94. The molecule has 74 valence electrons. The number of nitrogens with one attached hydrogen (secondary N) is 1. The Hall–Kier alpha value is -0.750. The number of rotatable bonds is 3. The molecule has 1 unspecified atom stereocenters. The first-order valence-corrected chi connectivity index (χ1v) is 5.97. The Balaban J connectivity index is 2.36. The van der Waals surface area contributed by atoms with Crippen molar-refractivity contribution in [3.8, 4) is 0 Å². The van der Waals surface area contributed by atoms with E-state index in [0.717, 1.165) is 4.88 Å². The van der Waals surface area contributed by atoms with Crippen LogP contribution in [0, 0.1) is 6.92 Å². The van der Waals surface area contributed by atoms with E-state index in [-0.39, 0.29) is 6.04 Å². The van der Waals surface area contributed by atoms with Gasteiger partial charge in [0.05, 0.1) is 11.6 Å². The van der Waals surface area contributed by atoms with Crippen molar-refractivity contribution in [2.75, 3.05) is 0 Å². The van der Waals surface area contributed by atoms with Crippen LogP contribution in [0.15, 0.2) is 23.2 Å². The summed E-state index contributed by atoms with van der Waals surface area (Å²) in [6, 6.07) is 2.18. The lowest BCUT2D eigenvalue weighted by molar-refractivity contribution is 0.645. The summed E-state index contributed by atoms with van der Waals surface area (Å²) < 4.78 is 0. The fourth-order valence-corrected chi connectivity index (χ4v) is 2.82. The number of thiophene rings is 1. The maximum absolute atomic E-state index is 5.56. The molecule has 0 radical (unpaired) electrons. The van der Waals surface area contributed by atoms with Crippen LogP contribution in [0.3, 0.4) is 0 Å². The maximum atomic E-state index is 5.56. The summed E-state index contributed by atoms with van der Waals surface area (Å²) in [5, 5.41) is 2.08. The lowest BCUT2D eigenvalue weighted by atomic mass is 10.1. The molecule has 0 saturated heterocycles. The molecule has 0 saturated carbocycles. The highest BCUT2D eigenvalue weighted by Gasteiger charge is 2.16. The zero-order chi connectivity index (χ0) is 9.97. The predicted octanol–water partition coefficient (Wildman–Crippen LogP) is 2.07. The van der Waals surface area contributed by atoms with E-state index in [1.807, 2.05) is 11.7 Å². The minimum Gasteiger partial charge on any atom is -0.271 e. The zero-order valence-corrected chi connectivity index (χ0v) is 9.36. The normalized spacial score (nSPS) is 13.0. The van der Waals surface area contributed by atoms with Crippen LogP contribution in [0.4, 0.5) is 0 Å². The minimum atomic E-state index is 0.0775. The molecule has 3 N–H and O–H groups in total. The summed E-state index contributed by atoms with van der Waals surface area (Å²) in [5.41, 5.74) is 5.88. The van der Waals surface area contributed by atoms with Crippen molar-refractivity contribution in [1.29, 1.82) is 0 Å². The Kier molecular flexibility index (Phi) is 2.93. The van der Waals surface area contributed by atoms with Crippen LogP contribution in [-0.4, -0.2) is 4.98 Å². The zero-order valence-electron chi connectivity index (χ0n) is 7.73. The predicted molar refractivity (Wildman–Crippen MR) is 60.3 cm³/mol. The highest BCUT2D eigenvalue weighted by molar-refractivity contribution is 7.10. The Morgan fingerprint density at radius 1 is 1.50 bits per heavy atom. The molecule has 0 spiro atoms. The van der Waals surface area contributed by atoms with Crippen LogP contribution < -0.4 is 11.3 Å². The van der Waals surface area contributed by atoms with Gasteiger partial charge in [-0.05, 0) is 23.9 Å². The summed E-state index contributed by atoms with van der Waals surface area (Å²) in [6.45, 7) is 2.10. The number of aromatic nitrogens is 1. The van der Waals surface area contributed by atoms with Gasteiger partial charge in [0.1, 0.15) is 0 Å². The molecule has 2 heterocycles. The average Bonchev–Trinajstić information content (AvgIpc) is 2.80. The van der Waals surface area contributed by atoms with Crippen LogP contribution in [-0.2, 0) is 0 Å². The van der Waals surface area contributed by atoms with Crippen molar-refractivity contribution in [1.82, 2.24) is 10.4 Å². The molecule has 2 rings (SSSR count). The van der Waals surface area contributed by atoms with Gasteiger partial charge >= 0.3 is 0 Å². The first-order valence-electron chi connectivity index (χ1n) is 4.21. The van der Waals surface area contributed by atoms with E-state index in [1.54, 1.807) is 22.7 Å². The van der Waals surface area contributed by atoms with Gasteiger partial charge in [0, 0.05) is 16.0 Å². The first kappa shape index (κ1) is 9.79. The smallest absolute Gasteiger partial charge is 0.0829 e. The van der Waals surface area contributed by atoms with E-state index in [4.69, 9.17) is 5.84 Å². The number of thiazole rings is 1. The molecule has 2 aromatic heterocycles. The number of nitrogens with zero attached hydrogens (tertiary/aromatic N) is 1. The molecule has 5 heteroatoms. The highest BCUT2D eigenvalue weighted by Crippen LogP contribution is 2.29. The van der Waals surface area contributed by atoms with Crippen molar-refractivity contribution in [3.05, 3.63) is 38.5 Å².